The molecule has 4 nitrogen and oxygen atoms in total. The number of aryl methyl sites for hydroxylation is 1. The quantitative estimate of drug-likeness (QED) is 0.801. The summed E-state index contributed by atoms with van der Waals surface area (Å²) in [7, 11) is 0. The van der Waals surface area contributed by atoms with E-state index in [1.54, 1.807) is 0 Å². The first-order valence-corrected chi connectivity index (χ1v) is 12.1. The molecule has 0 spiro atoms. The van der Waals surface area contributed by atoms with Gasteiger partial charge in [0.15, 0.2) is 5.78 Å². The number of carbonyl (C=O) groups is 1. The van der Waals surface area contributed by atoms with E-state index in [1.807, 2.05) is 24.0 Å². The SMILES string of the molecule is Cc1cnn(CC(=O)[C@H]2CC[C@H]3[C@@H]4CC[C@@H]5CC(C)(N)CC[C@@H]5C4CC[C@]23C)c1. The van der Waals surface area contributed by atoms with E-state index in [2.05, 4.69) is 18.9 Å². The predicted molar refractivity (Wildman–Crippen MR) is 115 cm³/mol. The number of nitrogens with zero attached hydrogens (tertiary/aromatic N) is 2. The summed E-state index contributed by atoms with van der Waals surface area (Å²) in [6, 6.07) is 0. The van der Waals surface area contributed by atoms with E-state index in [0.29, 0.717) is 12.3 Å². The first-order valence-electron chi connectivity index (χ1n) is 12.1. The zero-order valence-corrected chi connectivity index (χ0v) is 18.6. The number of fused-ring (bicyclic) bond motifs is 5. The first-order chi connectivity index (χ1) is 13.8. The molecular weight excluding hydrogens is 358 g/mol. The minimum atomic E-state index is 0.0624. The molecule has 0 radical (unpaired) electrons. The molecule has 0 aliphatic heterocycles. The smallest absolute Gasteiger partial charge is 0.157 e. The molecule has 0 amide bonds. The second-order valence-electron chi connectivity index (χ2n) is 11.7. The standard InChI is InChI=1S/C25H39N3O/c1-16-13-27-28(14-16)15-23(29)22-7-6-21-20-5-4-17-12-24(2,26)10-8-18(17)19(20)9-11-25(21,22)3/h13-14,17-22H,4-12,15,26H2,1-3H3/t17-,18+,19?,20-,21+,22-,24?,25+/m1/s1. The van der Waals surface area contributed by atoms with E-state index in [9.17, 15) is 4.79 Å². The van der Waals surface area contributed by atoms with Crippen molar-refractivity contribution < 1.29 is 4.79 Å². The van der Waals surface area contributed by atoms with Crippen LogP contribution < -0.4 is 5.73 Å². The van der Waals surface area contributed by atoms with Gasteiger partial charge in [0.1, 0.15) is 0 Å². The van der Waals surface area contributed by atoms with Crippen molar-refractivity contribution in [2.24, 2.45) is 46.7 Å². The second kappa shape index (κ2) is 6.93. The first kappa shape index (κ1) is 19.8. The van der Waals surface area contributed by atoms with Crippen LogP contribution in [0.2, 0.25) is 0 Å². The van der Waals surface area contributed by atoms with Gasteiger partial charge in [0, 0.05) is 17.7 Å². The van der Waals surface area contributed by atoms with E-state index in [-0.39, 0.29) is 16.9 Å². The van der Waals surface area contributed by atoms with E-state index < -0.39 is 0 Å². The molecule has 160 valence electrons. The second-order valence-corrected chi connectivity index (χ2v) is 11.7. The minimum absolute atomic E-state index is 0.0624. The summed E-state index contributed by atoms with van der Waals surface area (Å²) in [4.78, 5) is 13.3. The van der Waals surface area contributed by atoms with Gasteiger partial charge in [-0.25, -0.2) is 0 Å². The summed E-state index contributed by atoms with van der Waals surface area (Å²) in [5.41, 5.74) is 7.94. The lowest BCUT2D eigenvalue weighted by atomic mass is 9.48. The Morgan fingerprint density at radius 1 is 1.10 bits per heavy atom. The maximum absolute atomic E-state index is 13.3. The monoisotopic (exact) mass is 397 g/mol. The van der Waals surface area contributed by atoms with Crippen molar-refractivity contribution in [2.75, 3.05) is 0 Å². The normalized spacial score (nSPS) is 46.6. The van der Waals surface area contributed by atoms with E-state index >= 15 is 0 Å². The summed E-state index contributed by atoms with van der Waals surface area (Å²) < 4.78 is 1.84. The highest BCUT2D eigenvalue weighted by atomic mass is 16.1. The van der Waals surface area contributed by atoms with Gasteiger partial charge in [-0.2, -0.15) is 5.10 Å². The number of aromatic nitrogens is 2. The van der Waals surface area contributed by atoms with Crippen LogP contribution in [-0.2, 0) is 11.3 Å². The molecule has 8 atom stereocenters. The average molecular weight is 398 g/mol. The highest BCUT2D eigenvalue weighted by Gasteiger charge is 2.58. The molecule has 4 fully saturated rings. The molecule has 0 bridgehead atoms. The van der Waals surface area contributed by atoms with Crippen molar-refractivity contribution in [2.45, 2.75) is 90.6 Å². The number of hydrogen-bond acceptors (Lipinski definition) is 3. The van der Waals surface area contributed by atoms with Crippen molar-refractivity contribution in [1.29, 1.82) is 0 Å². The van der Waals surface area contributed by atoms with Gasteiger partial charge in [-0.05, 0) is 112 Å². The predicted octanol–water partition coefficient (Wildman–Crippen LogP) is 4.75. The highest BCUT2D eigenvalue weighted by Crippen LogP contribution is 2.64. The van der Waals surface area contributed by atoms with Crippen LogP contribution >= 0.6 is 0 Å². The zero-order valence-electron chi connectivity index (χ0n) is 18.6. The van der Waals surface area contributed by atoms with Gasteiger partial charge in [0.05, 0.1) is 12.7 Å². The van der Waals surface area contributed by atoms with Crippen LogP contribution in [-0.4, -0.2) is 21.1 Å². The summed E-state index contributed by atoms with van der Waals surface area (Å²) >= 11 is 0. The Hall–Kier alpha value is -1.16. The van der Waals surface area contributed by atoms with Crippen LogP contribution in [0.1, 0.15) is 77.2 Å². The van der Waals surface area contributed by atoms with Crippen LogP contribution in [0.15, 0.2) is 12.4 Å². The fourth-order valence-corrected chi connectivity index (χ4v) is 8.49. The lowest BCUT2D eigenvalue weighted by molar-refractivity contribution is -0.131. The minimum Gasteiger partial charge on any atom is -0.325 e. The maximum atomic E-state index is 13.3. The van der Waals surface area contributed by atoms with Gasteiger partial charge in [-0.1, -0.05) is 6.92 Å². The molecule has 2 N–H and O–H groups in total. The van der Waals surface area contributed by atoms with Crippen molar-refractivity contribution >= 4 is 5.78 Å². The fourth-order valence-electron chi connectivity index (χ4n) is 8.49. The van der Waals surface area contributed by atoms with Gasteiger partial charge in [0.2, 0.25) is 0 Å². The van der Waals surface area contributed by atoms with Crippen LogP contribution in [0.4, 0.5) is 0 Å². The Labute approximate surface area is 176 Å². The van der Waals surface area contributed by atoms with Gasteiger partial charge in [-0.15, -0.1) is 0 Å². The summed E-state index contributed by atoms with van der Waals surface area (Å²) in [5.74, 6) is 4.90. The third-order valence-electron chi connectivity index (χ3n) is 9.76. The Bertz CT molecular complexity index is 783. The largest absolute Gasteiger partial charge is 0.325 e. The molecule has 29 heavy (non-hydrogen) atoms. The number of Topliss-reactive ketones (excluding diaryl/α,β-unsaturated/α-hetero) is 1. The molecule has 5 rings (SSSR count). The van der Waals surface area contributed by atoms with Crippen LogP contribution in [0.25, 0.3) is 0 Å². The zero-order chi connectivity index (χ0) is 20.4. The third kappa shape index (κ3) is 3.30. The molecule has 4 saturated carbocycles. The molecule has 0 aromatic carbocycles. The maximum Gasteiger partial charge on any atom is 0.157 e. The third-order valence-corrected chi connectivity index (χ3v) is 9.76. The van der Waals surface area contributed by atoms with Crippen molar-refractivity contribution in [3.63, 3.8) is 0 Å². The Balaban J connectivity index is 1.31. The molecule has 1 aromatic heterocycles. The summed E-state index contributed by atoms with van der Waals surface area (Å²) in [6.07, 6.45) is 15.3. The molecule has 1 heterocycles. The van der Waals surface area contributed by atoms with Gasteiger partial charge >= 0.3 is 0 Å². The van der Waals surface area contributed by atoms with Gasteiger partial charge < -0.3 is 5.73 Å². The van der Waals surface area contributed by atoms with Crippen LogP contribution in [0, 0.1) is 47.8 Å². The van der Waals surface area contributed by atoms with Crippen molar-refractivity contribution in [3.8, 4) is 0 Å². The number of ketones is 1. The fraction of sp³-hybridized carbons (Fsp3) is 0.840. The highest BCUT2D eigenvalue weighted by molar-refractivity contribution is 5.82. The van der Waals surface area contributed by atoms with Crippen molar-refractivity contribution in [3.05, 3.63) is 18.0 Å². The van der Waals surface area contributed by atoms with Gasteiger partial charge in [-0.3, -0.25) is 9.48 Å². The van der Waals surface area contributed by atoms with Crippen LogP contribution in [0.5, 0.6) is 0 Å². The van der Waals surface area contributed by atoms with Crippen LogP contribution in [0.3, 0.4) is 0 Å². The Kier molecular flexibility index (Phi) is 4.73. The average Bonchev–Trinajstić information content (AvgIpc) is 3.22. The Morgan fingerprint density at radius 2 is 1.90 bits per heavy atom. The molecule has 4 heteroatoms. The Morgan fingerprint density at radius 3 is 2.66 bits per heavy atom. The summed E-state index contributed by atoms with van der Waals surface area (Å²) in [5, 5.41) is 4.36. The molecule has 4 aliphatic carbocycles. The number of carbonyl (C=O) groups excluding carboxylic acids is 1. The molecule has 1 aromatic rings. The summed E-state index contributed by atoms with van der Waals surface area (Å²) in [6.45, 7) is 7.22. The molecular formula is C25H39N3O. The van der Waals surface area contributed by atoms with Crippen molar-refractivity contribution in [1.82, 2.24) is 9.78 Å². The lowest BCUT2D eigenvalue weighted by Crippen LogP contribution is -2.52. The van der Waals surface area contributed by atoms with Gasteiger partial charge in [0.25, 0.3) is 0 Å². The van der Waals surface area contributed by atoms with E-state index in [4.69, 9.17) is 5.73 Å². The molecule has 0 saturated heterocycles. The van der Waals surface area contributed by atoms with E-state index in [0.717, 1.165) is 41.6 Å². The lowest BCUT2D eigenvalue weighted by Gasteiger charge is -2.57. The number of hydrogen-bond donors (Lipinski definition) is 1. The molecule has 4 aliphatic rings. The molecule has 2 unspecified atom stereocenters. The topological polar surface area (TPSA) is 60.9 Å². The number of nitrogens with two attached hydrogens (primary N) is 1. The number of rotatable bonds is 3. The van der Waals surface area contributed by atoms with E-state index in [1.165, 1.54) is 51.4 Å².